The Hall–Kier alpha value is -2.31. The van der Waals surface area contributed by atoms with Gasteiger partial charge in [-0.05, 0) is 36.6 Å². The van der Waals surface area contributed by atoms with Crippen LogP contribution in [0, 0.1) is 0 Å². The van der Waals surface area contributed by atoms with Crippen molar-refractivity contribution in [1.29, 1.82) is 0 Å². The molecule has 1 amide bonds. The largest absolute Gasteiger partial charge is 0.346 e. The summed E-state index contributed by atoms with van der Waals surface area (Å²) in [5.41, 5.74) is 2.10. The molecule has 1 N–H and O–H groups in total. The molecule has 122 valence electrons. The Balaban J connectivity index is 1.76. The number of pyridine rings is 1. The van der Waals surface area contributed by atoms with Crippen LogP contribution >= 0.6 is 23.4 Å². The summed E-state index contributed by atoms with van der Waals surface area (Å²) < 4.78 is 1.94. The maximum Gasteiger partial charge on any atom is 0.251 e. The van der Waals surface area contributed by atoms with Crippen LogP contribution in [-0.2, 0) is 6.54 Å². The highest BCUT2D eigenvalue weighted by Crippen LogP contribution is 2.19. The molecule has 0 aliphatic heterocycles. The second-order valence-electron chi connectivity index (χ2n) is 4.95. The molecule has 2 heterocycles. The van der Waals surface area contributed by atoms with Crippen molar-refractivity contribution in [2.24, 2.45) is 0 Å². The van der Waals surface area contributed by atoms with Crippen LogP contribution in [0.2, 0.25) is 5.02 Å². The van der Waals surface area contributed by atoms with E-state index in [4.69, 9.17) is 11.6 Å². The minimum Gasteiger partial charge on any atom is -0.346 e. The maximum atomic E-state index is 12.4. The fourth-order valence-electron chi connectivity index (χ4n) is 2.25. The first-order chi connectivity index (χ1) is 11.7. The van der Waals surface area contributed by atoms with Gasteiger partial charge in [-0.3, -0.25) is 14.3 Å². The topological polar surface area (TPSA) is 59.8 Å². The maximum absolute atomic E-state index is 12.4. The Morgan fingerprint density at radius 3 is 2.92 bits per heavy atom. The highest BCUT2D eigenvalue weighted by atomic mass is 35.5. The monoisotopic (exact) mass is 358 g/mol. The molecule has 0 bridgehead atoms. The van der Waals surface area contributed by atoms with Gasteiger partial charge in [0.15, 0.2) is 5.16 Å². The molecule has 0 atom stereocenters. The van der Waals surface area contributed by atoms with Gasteiger partial charge in [0.25, 0.3) is 5.91 Å². The SMILES string of the molecule is CSc1nccn1-c1cccc(C(=O)NCc2ncccc2Cl)c1. The summed E-state index contributed by atoms with van der Waals surface area (Å²) in [6, 6.07) is 10.9. The van der Waals surface area contributed by atoms with E-state index >= 15 is 0 Å². The van der Waals surface area contributed by atoms with Gasteiger partial charge in [0.1, 0.15) is 0 Å². The van der Waals surface area contributed by atoms with Crippen molar-refractivity contribution in [3.05, 3.63) is 71.3 Å². The fourth-order valence-corrected chi connectivity index (χ4v) is 2.97. The number of rotatable bonds is 5. The van der Waals surface area contributed by atoms with E-state index in [2.05, 4.69) is 15.3 Å². The lowest BCUT2D eigenvalue weighted by Gasteiger charge is -2.09. The lowest BCUT2D eigenvalue weighted by Crippen LogP contribution is -2.23. The number of nitrogens with zero attached hydrogens (tertiary/aromatic N) is 3. The Labute approximate surface area is 149 Å². The van der Waals surface area contributed by atoms with E-state index in [1.54, 1.807) is 42.4 Å². The first-order valence-electron chi connectivity index (χ1n) is 7.24. The Bertz CT molecular complexity index is 865. The van der Waals surface area contributed by atoms with Crippen molar-refractivity contribution in [3.8, 4) is 5.69 Å². The number of carbonyl (C=O) groups is 1. The van der Waals surface area contributed by atoms with E-state index in [1.165, 1.54) is 0 Å². The Morgan fingerprint density at radius 1 is 1.25 bits per heavy atom. The molecule has 7 heteroatoms. The summed E-state index contributed by atoms with van der Waals surface area (Å²) in [4.78, 5) is 20.8. The van der Waals surface area contributed by atoms with Crippen LogP contribution < -0.4 is 5.32 Å². The molecule has 0 fully saturated rings. The number of halogens is 1. The van der Waals surface area contributed by atoms with Gasteiger partial charge in [0.05, 0.1) is 17.3 Å². The third-order valence-electron chi connectivity index (χ3n) is 3.43. The molecule has 2 aromatic heterocycles. The summed E-state index contributed by atoms with van der Waals surface area (Å²) in [6.45, 7) is 0.282. The molecule has 1 aromatic carbocycles. The van der Waals surface area contributed by atoms with Gasteiger partial charge in [0.2, 0.25) is 0 Å². The van der Waals surface area contributed by atoms with E-state index in [0.29, 0.717) is 16.3 Å². The van der Waals surface area contributed by atoms with Crippen LogP contribution in [0.15, 0.2) is 60.1 Å². The molecule has 0 aliphatic carbocycles. The van der Waals surface area contributed by atoms with Gasteiger partial charge in [-0.2, -0.15) is 0 Å². The van der Waals surface area contributed by atoms with Crippen LogP contribution in [0.5, 0.6) is 0 Å². The number of carbonyl (C=O) groups excluding carboxylic acids is 1. The zero-order valence-electron chi connectivity index (χ0n) is 12.9. The van der Waals surface area contributed by atoms with Gasteiger partial charge in [-0.1, -0.05) is 29.4 Å². The molecular weight excluding hydrogens is 344 g/mol. The lowest BCUT2D eigenvalue weighted by atomic mass is 10.2. The molecule has 3 rings (SSSR count). The van der Waals surface area contributed by atoms with Gasteiger partial charge < -0.3 is 5.32 Å². The predicted octanol–water partition coefficient (Wildman–Crippen LogP) is 3.57. The zero-order valence-corrected chi connectivity index (χ0v) is 14.5. The van der Waals surface area contributed by atoms with Crippen molar-refractivity contribution >= 4 is 29.3 Å². The normalized spacial score (nSPS) is 10.6. The summed E-state index contributed by atoms with van der Waals surface area (Å²) >= 11 is 7.60. The average Bonchev–Trinajstić information content (AvgIpc) is 3.09. The minimum atomic E-state index is -0.176. The summed E-state index contributed by atoms with van der Waals surface area (Å²) in [6.07, 6.45) is 7.22. The first kappa shape index (κ1) is 16.5. The summed E-state index contributed by atoms with van der Waals surface area (Å²) in [7, 11) is 0. The van der Waals surface area contributed by atoms with Crippen molar-refractivity contribution in [3.63, 3.8) is 0 Å². The third kappa shape index (κ3) is 3.60. The van der Waals surface area contributed by atoms with Crippen LogP contribution in [-0.4, -0.2) is 26.7 Å². The molecule has 0 spiro atoms. The van der Waals surface area contributed by atoms with E-state index in [0.717, 1.165) is 10.8 Å². The van der Waals surface area contributed by atoms with E-state index in [1.807, 2.05) is 35.2 Å². The predicted molar refractivity (Wildman–Crippen MR) is 95.8 cm³/mol. The van der Waals surface area contributed by atoms with Crippen LogP contribution in [0.25, 0.3) is 5.69 Å². The van der Waals surface area contributed by atoms with Crippen molar-refractivity contribution in [1.82, 2.24) is 19.9 Å². The number of thioether (sulfide) groups is 1. The van der Waals surface area contributed by atoms with E-state index < -0.39 is 0 Å². The Kier molecular flexibility index (Phi) is 5.17. The van der Waals surface area contributed by atoms with Gasteiger partial charge >= 0.3 is 0 Å². The summed E-state index contributed by atoms with van der Waals surface area (Å²) in [5, 5.41) is 4.25. The standard InChI is InChI=1S/C17H15ClN4OS/c1-24-17-20-8-9-22(17)13-5-2-4-12(10-13)16(23)21-11-15-14(18)6-3-7-19-15/h2-10H,11H2,1H3,(H,21,23). The van der Waals surface area contributed by atoms with Crippen molar-refractivity contribution < 1.29 is 4.79 Å². The number of benzene rings is 1. The third-order valence-corrected chi connectivity index (χ3v) is 4.44. The number of aromatic nitrogens is 3. The second kappa shape index (κ2) is 7.51. The van der Waals surface area contributed by atoms with E-state index in [-0.39, 0.29) is 12.5 Å². The molecular formula is C17H15ClN4OS. The van der Waals surface area contributed by atoms with Crippen LogP contribution in [0.1, 0.15) is 16.1 Å². The fraction of sp³-hybridized carbons (Fsp3) is 0.118. The molecule has 0 aliphatic rings. The van der Waals surface area contributed by atoms with Gasteiger partial charge in [-0.25, -0.2) is 4.98 Å². The van der Waals surface area contributed by atoms with Gasteiger partial charge in [0, 0.05) is 29.8 Å². The molecule has 24 heavy (non-hydrogen) atoms. The number of hydrogen-bond acceptors (Lipinski definition) is 4. The first-order valence-corrected chi connectivity index (χ1v) is 8.84. The Morgan fingerprint density at radius 2 is 2.12 bits per heavy atom. The van der Waals surface area contributed by atoms with Gasteiger partial charge in [-0.15, -0.1) is 0 Å². The lowest BCUT2D eigenvalue weighted by molar-refractivity contribution is 0.0950. The molecule has 0 saturated heterocycles. The smallest absolute Gasteiger partial charge is 0.251 e. The number of hydrogen-bond donors (Lipinski definition) is 1. The molecule has 3 aromatic rings. The molecule has 0 radical (unpaired) electrons. The average molecular weight is 359 g/mol. The highest BCUT2D eigenvalue weighted by molar-refractivity contribution is 7.98. The second-order valence-corrected chi connectivity index (χ2v) is 6.13. The summed E-state index contributed by atoms with van der Waals surface area (Å²) in [5.74, 6) is -0.176. The molecule has 0 unspecified atom stereocenters. The molecule has 0 saturated carbocycles. The quantitative estimate of drug-likeness (QED) is 0.708. The number of imidazole rings is 1. The highest BCUT2D eigenvalue weighted by Gasteiger charge is 2.10. The van der Waals surface area contributed by atoms with E-state index in [9.17, 15) is 4.79 Å². The number of nitrogens with one attached hydrogen (secondary N) is 1. The van der Waals surface area contributed by atoms with Crippen LogP contribution in [0.3, 0.4) is 0 Å². The minimum absolute atomic E-state index is 0.176. The number of amides is 1. The van der Waals surface area contributed by atoms with Crippen molar-refractivity contribution in [2.45, 2.75) is 11.7 Å². The molecule has 5 nitrogen and oxygen atoms in total. The zero-order chi connectivity index (χ0) is 16.9. The van der Waals surface area contributed by atoms with Crippen molar-refractivity contribution in [2.75, 3.05) is 6.26 Å². The van der Waals surface area contributed by atoms with Crippen LogP contribution in [0.4, 0.5) is 0 Å².